The van der Waals surface area contributed by atoms with Crippen LogP contribution in [0.4, 0.5) is 9.80 Å². The first-order chi connectivity index (χ1) is 16.8. The maximum atomic E-state index is 12.9. The van der Waals surface area contributed by atoms with Gasteiger partial charge in [-0.25, -0.2) is 9.59 Å². The number of alkyl carbamates (subject to hydrolysis) is 1. The topological polar surface area (TPSA) is 118 Å². The second kappa shape index (κ2) is 10.3. The van der Waals surface area contributed by atoms with Crippen molar-refractivity contribution in [1.29, 1.82) is 0 Å². The SMILES string of the molecule is Cc1nsc(NC(=O)C(CNC(=O)OCC2c3ccccc3-c3ccccc32)C(C)C)c1C(=O)O. The summed E-state index contributed by atoms with van der Waals surface area (Å²) in [4.78, 5) is 36.9. The number of amides is 2. The molecule has 0 radical (unpaired) electrons. The molecule has 1 heterocycles. The zero-order valence-electron chi connectivity index (χ0n) is 19.7. The molecule has 8 nitrogen and oxygen atoms in total. The average molecular weight is 494 g/mol. The van der Waals surface area contributed by atoms with Crippen molar-refractivity contribution in [3.05, 3.63) is 70.9 Å². The molecule has 1 aliphatic rings. The van der Waals surface area contributed by atoms with Crippen LogP contribution in [-0.4, -0.2) is 40.6 Å². The molecule has 0 fully saturated rings. The van der Waals surface area contributed by atoms with Crippen LogP contribution in [0.5, 0.6) is 0 Å². The number of aryl methyl sites for hydroxylation is 1. The summed E-state index contributed by atoms with van der Waals surface area (Å²) in [6.07, 6.45) is -0.606. The Kier molecular flexibility index (Phi) is 7.16. The lowest BCUT2D eigenvalue weighted by molar-refractivity contribution is -0.120. The van der Waals surface area contributed by atoms with Gasteiger partial charge < -0.3 is 20.5 Å². The van der Waals surface area contributed by atoms with Crippen LogP contribution in [0.15, 0.2) is 48.5 Å². The number of nitrogens with one attached hydrogen (secondary N) is 2. The zero-order chi connectivity index (χ0) is 25.1. The van der Waals surface area contributed by atoms with Gasteiger partial charge in [0.25, 0.3) is 0 Å². The van der Waals surface area contributed by atoms with E-state index in [1.54, 1.807) is 6.92 Å². The Morgan fingerprint density at radius 2 is 1.66 bits per heavy atom. The molecule has 4 rings (SSSR count). The van der Waals surface area contributed by atoms with Gasteiger partial charge in [-0.05, 0) is 46.6 Å². The molecule has 9 heteroatoms. The molecule has 3 N–H and O–H groups in total. The van der Waals surface area contributed by atoms with Gasteiger partial charge in [0, 0.05) is 12.5 Å². The predicted octanol–water partition coefficient (Wildman–Crippen LogP) is 4.90. The Hall–Kier alpha value is -3.72. The molecule has 0 saturated carbocycles. The van der Waals surface area contributed by atoms with E-state index in [0.29, 0.717) is 5.69 Å². The van der Waals surface area contributed by atoms with Gasteiger partial charge in [0.1, 0.15) is 17.2 Å². The Morgan fingerprint density at radius 3 is 2.23 bits per heavy atom. The summed E-state index contributed by atoms with van der Waals surface area (Å²) in [7, 11) is 0. The highest BCUT2D eigenvalue weighted by Crippen LogP contribution is 2.44. The number of aromatic nitrogens is 1. The zero-order valence-corrected chi connectivity index (χ0v) is 20.5. The summed E-state index contributed by atoms with van der Waals surface area (Å²) < 4.78 is 9.57. The second-order valence-corrected chi connectivity index (χ2v) is 9.60. The maximum absolute atomic E-state index is 12.9. The van der Waals surface area contributed by atoms with Gasteiger partial charge in [-0.15, -0.1) is 0 Å². The minimum Gasteiger partial charge on any atom is -0.478 e. The van der Waals surface area contributed by atoms with Gasteiger partial charge in [-0.3, -0.25) is 4.79 Å². The van der Waals surface area contributed by atoms with Crippen LogP contribution in [0.1, 0.15) is 46.9 Å². The summed E-state index contributed by atoms with van der Waals surface area (Å²) in [5, 5.41) is 14.9. The molecular weight excluding hydrogens is 466 g/mol. The van der Waals surface area contributed by atoms with E-state index in [9.17, 15) is 19.5 Å². The third-order valence-corrected chi connectivity index (χ3v) is 7.12. The Labute approximate surface area is 207 Å². The van der Waals surface area contributed by atoms with Crippen molar-refractivity contribution in [3.8, 4) is 11.1 Å². The van der Waals surface area contributed by atoms with Crippen LogP contribution in [-0.2, 0) is 9.53 Å². The van der Waals surface area contributed by atoms with Crippen molar-refractivity contribution in [2.75, 3.05) is 18.5 Å². The normalized spacial score (nSPS) is 13.1. The van der Waals surface area contributed by atoms with E-state index >= 15 is 0 Å². The first-order valence-electron chi connectivity index (χ1n) is 11.4. The molecule has 182 valence electrons. The summed E-state index contributed by atoms with van der Waals surface area (Å²) in [5.41, 5.74) is 4.86. The first-order valence-corrected chi connectivity index (χ1v) is 12.1. The summed E-state index contributed by atoms with van der Waals surface area (Å²) >= 11 is 0.923. The van der Waals surface area contributed by atoms with Crippen LogP contribution in [0.25, 0.3) is 11.1 Å². The number of rotatable bonds is 8. The average Bonchev–Trinajstić information content (AvgIpc) is 3.35. The fourth-order valence-electron chi connectivity index (χ4n) is 4.39. The predicted molar refractivity (Wildman–Crippen MR) is 134 cm³/mol. The van der Waals surface area contributed by atoms with Crippen molar-refractivity contribution < 1.29 is 24.2 Å². The van der Waals surface area contributed by atoms with Gasteiger partial charge in [0.2, 0.25) is 5.91 Å². The number of carbonyl (C=O) groups is 3. The number of hydrogen-bond donors (Lipinski definition) is 3. The minimum absolute atomic E-state index is 0.0182. The van der Waals surface area contributed by atoms with Gasteiger partial charge in [0.05, 0.1) is 11.6 Å². The van der Waals surface area contributed by atoms with Crippen molar-refractivity contribution in [2.45, 2.75) is 26.7 Å². The van der Waals surface area contributed by atoms with E-state index in [0.717, 1.165) is 33.8 Å². The van der Waals surface area contributed by atoms with Crippen molar-refractivity contribution in [2.24, 2.45) is 11.8 Å². The van der Waals surface area contributed by atoms with Crippen LogP contribution in [0, 0.1) is 18.8 Å². The molecule has 0 saturated heterocycles. The van der Waals surface area contributed by atoms with Gasteiger partial charge in [-0.2, -0.15) is 4.37 Å². The molecule has 1 unspecified atom stereocenters. The fraction of sp³-hybridized carbons (Fsp3) is 0.308. The van der Waals surface area contributed by atoms with Crippen molar-refractivity contribution in [1.82, 2.24) is 9.69 Å². The van der Waals surface area contributed by atoms with Crippen LogP contribution in [0.3, 0.4) is 0 Å². The van der Waals surface area contributed by atoms with Crippen LogP contribution >= 0.6 is 11.5 Å². The highest BCUT2D eigenvalue weighted by Gasteiger charge is 2.30. The molecular formula is C26H27N3O5S. The Bertz CT molecular complexity index is 1220. The van der Waals surface area contributed by atoms with E-state index in [-0.39, 0.29) is 41.5 Å². The van der Waals surface area contributed by atoms with Crippen molar-refractivity contribution >= 4 is 34.5 Å². The number of hydrogen-bond acceptors (Lipinski definition) is 6. The van der Waals surface area contributed by atoms with Gasteiger partial charge in [-0.1, -0.05) is 62.4 Å². The third kappa shape index (κ3) is 5.05. The lowest BCUT2D eigenvalue weighted by atomic mass is 9.95. The lowest BCUT2D eigenvalue weighted by Crippen LogP contribution is -2.38. The number of carboxylic acid groups (broad SMARTS) is 1. The molecule has 1 aliphatic carbocycles. The third-order valence-electron chi connectivity index (χ3n) is 6.26. The number of ether oxygens (including phenoxy) is 1. The number of carboxylic acids is 1. The number of fused-ring (bicyclic) bond motifs is 3. The molecule has 3 aromatic rings. The number of anilines is 1. The molecule has 35 heavy (non-hydrogen) atoms. The second-order valence-electron chi connectivity index (χ2n) is 8.82. The largest absolute Gasteiger partial charge is 0.478 e. The quantitative estimate of drug-likeness (QED) is 0.411. The number of benzene rings is 2. The smallest absolute Gasteiger partial charge is 0.407 e. The summed E-state index contributed by atoms with van der Waals surface area (Å²) in [6, 6.07) is 16.2. The van der Waals surface area contributed by atoms with Gasteiger partial charge >= 0.3 is 12.1 Å². The van der Waals surface area contributed by atoms with Gasteiger partial charge in [0.15, 0.2) is 0 Å². The standard InChI is InChI=1S/C26H27N3O5S/c1-14(2)20(23(30)28-24-22(25(31)32)15(3)29-35-24)12-27-26(33)34-13-21-18-10-6-4-8-16(18)17-9-5-7-11-19(17)21/h4-11,14,20-21H,12-13H2,1-3H3,(H,27,33)(H,28,30)(H,31,32). The number of aromatic carboxylic acids is 1. The molecule has 1 atom stereocenters. The monoisotopic (exact) mass is 493 g/mol. The Balaban J connectivity index is 1.37. The summed E-state index contributed by atoms with van der Waals surface area (Å²) in [6.45, 7) is 5.54. The van der Waals surface area contributed by atoms with Crippen LogP contribution < -0.4 is 10.6 Å². The minimum atomic E-state index is -1.15. The van der Waals surface area contributed by atoms with E-state index in [2.05, 4.69) is 27.1 Å². The summed E-state index contributed by atoms with van der Waals surface area (Å²) in [5.74, 6) is -2.28. The van der Waals surface area contributed by atoms with Crippen LogP contribution in [0.2, 0.25) is 0 Å². The molecule has 0 bridgehead atoms. The highest BCUT2D eigenvalue weighted by molar-refractivity contribution is 7.11. The molecule has 2 amide bonds. The van der Waals surface area contributed by atoms with Crippen molar-refractivity contribution in [3.63, 3.8) is 0 Å². The highest BCUT2D eigenvalue weighted by atomic mass is 32.1. The van der Waals surface area contributed by atoms with E-state index in [1.807, 2.05) is 50.2 Å². The molecule has 0 spiro atoms. The van der Waals surface area contributed by atoms with E-state index in [1.165, 1.54) is 0 Å². The number of carbonyl (C=O) groups excluding carboxylic acids is 2. The first kappa shape index (κ1) is 24.4. The molecule has 2 aromatic carbocycles. The maximum Gasteiger partial charge on any atom is 0.407 e. The van der Waals surface area contributed by atoms with E-state index in [4.69, 9.17) is 4.74 Å². The molecule has 0 aliphatic heterocycles. The Morgan fingerprint density at radius 1 is 1.06 bits per heavy atom. The van der Waals surface area contributed by atoms with E-state index < -0.39 is 18.0 Å². The number of nitrogens with zero attached hydrogens (tertiary/aromatic N) is 1. The molecule has 1 aromatic heterocycles. The fourth-order valence-corrected chi connectivity index (χ4v) is 5.18. The lowest BCUT2D eigenvalue weighted by Gasteiger charge is -2.21.